The summed E-state index contributed by atoms with van der Waals surface area (Å²) in [4.78, 5) is 0. The molecule has 2 heteroatoms. The highest BCUT2D eigenvalue weighted by Crippen LogP contribution is 1.87. The van der Waals surface area contributed by atoms with Crippen molar-refractivity contribution in [3.8, 4) is 0 Å². The standard InChI is InChI=1S/C9H15N2/c1-3-4-5-6-11-8-7-10(2)9-11/h5-9H,3-4H2,1-2H3/q+1/b6-5+. The summed E-state index contributed by atoms with van der Waals surface area (Å²) in [5.74, 6) is 0. The average Bonchev–Trinajstić information content (AvgIpc) is 2.37. The van der Waals surface area contributed by atoms with E-state index >= 15 is 0 Å². The minimum atomic E-state index is 1.15. The van der Waals surface area contributed by atoms with E-state index in [9.17, 15) is 0 Å². The zero-order valence-electron chi connectivity index (χ0n) is 7.20. The summed E-state index contributed by atoms with van der Waals surface area (Å²) in [6.45, 7) is 2.18. The Morgan fingerprint density at radius 1 is 1.55 bits per heavy atom. The summed E-state index contributed by atoms with van der Waals surface area (Å²) >= 11 is 0. The predicted octanol–water partition coefficient (Wildman–Crippen LogP) is 1.58. The Labute approximate surface area is 67.8 Å². The molecule has 0 aliphatic rings. The van der Waals surface area contributed by atoms with Gasteiger partial charge in [-0.25, -0.2) is 9.13 Å². The van der Waals surface area contributed by atoms with E-state index in [1.54, 1.807) is 0 Å². The zero-order chi connectivity index (χ0) is 8.10. The van der Waals surface area contributed by atoms with Crippen LogP contribution in [-0.2, 0) is 7.05 Å². The van der Waals surface area contributed by atoms with Gasteiger partial charge in [0.25, 0.3) is 0 Å². The number of aryl methyl sites for hydroxylation is 1. The lowest BCUT2D eigenvalue weighted by Gasteiger charge is -1.82. The monoisotopic (exact) mass is 151 g/mol. The van der Waals surface area contributed by atoms with Crippen LogP contribution in [0.15, 0.2) is 24.8 Å². The molecule has 0 amide bonds. The van der Waals surface area contributed by atoms with Crippen LogP contribution in [0.1, 0.15) is 19.8 Å². The fraction of sp³-hybridized carbons (Fsp3) is 0.444. The molecule has 0 radical (unpaired) electrons. The molecule has 0 saturated heterocycles. The first kappa shape index (κ1) is 8.05. The summed E-state index contributed by atoms with van der Waals surface area (Å²) in [6, 6.07) is 0. The molecular formula is C9H15N2+. The quantitative estimate of drug-likeness (QED) is 0.580. The molecular weight excluding hydrogens is 136 g/mol. The molecule has 0 fully saturated rings. The van der Waals surface area contributed by atoms with E-state index in [1.807, 2.05) is 30.3 Å². The minimum Gasteiger partial charge on any atom is -0.239 e. The van der Waals surface area contributed by atoms with Crippen LogP contribution in [0.5, 0.6) is 0 Å². The molecule has 11 heavy (non-hydrogen) atoms. The van der Waals surface area contributed by atoms with Gasteiger partial charge in [0, 0.05) is 0 Å². The van der Waals surface area contributed by atoms with Crippen LogP contribution in [0.2, 0.25) is 0 Å². The molecule has 0 unspecified atom stereocenters. The third kappa shape index (κ3) is 2.58. The number of hydrogen-bond acceptors (Lipinski definition) is 0. The molecule has 0 bridgehead atoms. The highest BCUT2D eigenvalue weighted by molar-refractivity contribution is 5.04. The fourth-order valence-electron chi connectivity index (χ4n) is 0.921. The molecule has 0 saturated carbocycles. The van der Waals surface area contributed by atoms with Gasteiger partial charge in [-0.05, 0) is 12.5 Å². The van der Waals surface area contributed by atoms with Gasteiger partial charge in [-0.1, -0.05) is 13.3 Å². The van der Waals surface area contributed by atoms with E-state index in [2.05, 4.69) is 23.8 Å². The summed E-state index contributed by atoms with van der Waals surface area (Å²) in [6.07, 6.45) is 12.7. The number of allylic oxidation sites excluding steroid dienone is 1. The first-order valence-electron chi connectivity index (χ1n) is 4.02. The summed E-state index contributed by atoms with van der Waals surface area (Å²) in [5, 5.41) is 0. The summed E-state index contributed by atoms with van der Waals surface area (Å²) in [7, 11) is 2.02. The van der Waals surface area contributed by atoms with Crippen LogP contribution in [0.3, 0.4) is 0 Å². The maximum absolute atomic E-state index is 2.18. The number of imidazole rings is 1. The number of aromatic nitrogens is 2. The Bertz CT molecular complexity index is 235. The molecule has 0 atom stereocenters. The third-order valence-corrected chi connectivity index (χ3v) is 1.52. The first-order valence-corrected chi connectivity index (χ1v) is 4.02. The molecule has 0 aromatic carbocycles. The highest BCUT2D eigenvalue weighted by atomic mass is 15.1. The molecule has 1 heterocycles. The molecule has 0 aliphatic heterocycles. The van der Waals surface area contributed by atoms with E-state index in [0.717, 1.165) is 6.42 Å². The Morgan fingerprint density at radius 3 is 2.91 bits per heavy atom. The van der Waals surface area contributed by atoms with Gasteiger partial charge in [0.2, 0.25) is 6.33 Å². The van der Waals surface area contributed by atoms with Gasteiger partial charge in [-0.3, -0.25) is 0 Å². The number of hydrogen-bond donors (Lipinski definition) is 0. The molecule has 0 N–H and O–H groups in total. The van der Waals surface area contributed by atoms with Crippen molar-refractivity contribution >= 4 is 6.20 Å². The van der Waals surface area contributed by atoms with E-state index in [4.69, 9.17) is 0 Å². The fourth-order valence-corrected chi connectivity index (χ4v) is 0.921. The number of rotatable bonds is 3. The molecule has 60 valence electrons. The van der Waals surface area contributed by atoms with E-state index in [-0.39, 0.29) is 0 Å². The van der Waals surface area contributed by atoms with Gasteiger partial charge in [0.15, 0.2) is 0 Å². The molecule has 1 aromatic rings. The lowest BCUT2D eigenvalue weighted by molar-refractivity contribution is -0.567. The van der Waals surface area contributed by atoms with Gasteiger partial charge in [-0.15, -0.1) is 0 Å². The lowest BCUT2D eigenvalue weighted by atomic mass is 10.3. The van der Waals surface area contributed by atoms with Crippen LogP contribution in [0, 0.1) is 0 Å². The van der Waals surface area contributed by atoms with Crippen LogP contribution >= 0.6 is 0 Å². The van der Waals surface area contributed by atoms with Gasteiger partial charge < -0.3 is 0 Å². The van der Waals surface area contributed by atoms with Crippen molar-refractivity contribution in [1.29, 1.82) is 0 Å². The minimum absolute atomic E-state index is 1.15. The Kier molecular flexibility index (Phi) is 2.90. The maximum Gasteiger partial charge on any atom is 0.248 e. The zero-order valence-corrected chi connectivity index (χ0v) is 7.20. The smallest absolute Gasteiger partial charge is 0.239 e. The Balaban J connectivity index is 2.50. The summed E-state index contributed by atoms with van der Waals surface area (Å²) < 4.78 is 4.08. The van der Waals surface area contributed by atoms with Crippen molar-refractivity contribution in [2.45, 2.75) is 19.8 Å². The van der Waals surface area contributed by atoms with E-state index < -0.39 is 0 Å². The van der Waals surface area contributed by atoms with Crippen molar-refractivity contribution in [2.24, 2.45) is 7.05 Å². The lowest BCUT2D eigenvalue weighted by Crippen LogP contribution is -2.21. The maximum atomic E-state index is 2.18. The van der Waals surface area contributed by atoms with E-state index in [1.165, 1.54) is 6.42 Å². The predicted molar refractivity (Wildman–Crippen MR) is 45.8 cm³/mol. The number of nitrogens with zero attached hydrogens (tertiary/aromatic N) is 2. The Morgan fingerprint density at radius 2 is 2.36 bits per heavy atom. The number of unbranched alkanes of at least 4 members (excludes halogenated alkanes) is 1. The SMILES string of the molecule is CCC/C=C/[n+]1ccn(C)c1. The highest BCUT2D eigenvalue weighted by Gasteiger charge is 1.92. The van der Waals surface area contributed by atoms with Gasteiger partial charge in [0.1, 0.15) is 12.4 Å². The van der Waals surface area contributed by atoms with Crippen LogP contribution < -0.4 is 4.57 Å². The van der Waals surface area contributed by atoms with Crippen molar-refractivity contribution < 1.29 is 4.57 Å². The topological polar surface area (TPSA) is 8.81 Å². The van der Waals surface area contributed by atoms with Crippen molar-refractivity contribution in [3.05, 3.63) is 24.8 Å². The molecule has 2 nitrogen and oxygen atoms in total. The van der Waals surface area contributed by atoms with Crippen LogP contribution in [-0.4, -0.2) is 4.57 Å². The largest absolute Gasteiger partial charge is 0.248 e. The average molecular weight is 151 g/mol. The van der Waals surface area contributed by atoms with Crippen molar-refractivity contribution in [3.63, 3.8) is 0 Å². The first-order chi connectivity index (χ1) is 5.33. The Hall–Kier alpha value is -1.05. The summed E-state index contributed by atoms with van der Waals surface area (Å²) in [5.41, 5.74) is 0. The molecule has 1 aromatic heterocycles. The second kappa shape index (κ2) is 3.96. The van der Waals surface area contributed by atoms with Crippen LogP contribution in [0.25, 0.3) is 6.20 Å². The second-order valence-corrected chi connectivity index (χ2v) is 2.70. The van der Waals surface area contributed by atoms with Crippen LogP contribution in [0.4, 0.5) is 0 Å². The van der Waals surface area contributed by atoms with Gasteiger partial charge >= 0.3 is 0 Å². The third-order valence-electron chi connectivity index (χ3n) is 1.52. The van der Waals surface area contributed by atoms with Crippen molar-refractivity contribution in [2.75, 3.05) is 0 Å². The molecule has 0 aliphatic carbocycles. The normalized spacial score (nSPS) is 11.1. The van der Waals surface area contributed by atoms with Gasteiger partial charge in [0.05, 0.1) is 13.2 Å². The molecule has 1 rings (SSSR count). The second-order valence-electron chi connectivity index (χ2n) is 2.70. The van der Waals surface area contributed by atoms with Gasteiger partial charge in [-0.2, -0.15) is 0 Å². The van der Waals surface area contributed by atoms with E-state index in [0.29, 0.717) is 0 Å². The molecule has 0 spiro atoms. The van der Waals surface area contributed by atoms with Crippen molar-refractivity contribution in [1.82, 2.24) is 4.57 Å².